The van der Waals surface area contributed by atoms with Gasteiger partial charge in [-0.25, -0.2) is 0 Å². The van der Waals surface area contributed by atoms with Crippen LogP contribution in [-0.2, 0) is 6.54 Å². The first kappa shape index (κ1) is 13.4. The molecule has 2 heterocycles. The molecule has 0 saturated heterocycles. The van der Waals surface area contributed by atoms with Crippen molar-refractivity contribution in [3.63, 3.8) is 0 Å². The summed E-state index contributed by atoms with van der Waals surface area (Å²) in [5, 5.41) is 6.64. The molecule has 102 valence electrons. The Kier molecular flexibility index (Phi) is 3.63. The molecule has 0 saturated carbocycles. The summed E-state index contributed by atoms with van der Waals surface area (Å²) in [4.78, 5) is 1.08. The summed E-state index contributed by atoms with van der Waals surface area (Å²) in [5.74, 6) is 0. The van der Waals surface area contributed by atoms with E-state index >= 15 is 0 Å². The van der Waals surface area contributed by atoms with Crippen molar-refractivity contribution in [3.8, 4) is 10.6 Å². The second-order valence-corrected chi connectivity index (χ2v) is 6.58. The number of rotatable bonds is 3. The minimum atomic E-state index is 0.715. The number of aryl methyl sites for hydroxylation is 1. The van der Waals surface area contributed by atoms with Crippen molar-refractivity contribution >= 4 is 33.0 Å². The molecule has 5 heteroatoms. The highest BCUT2D eigenvalue weighted by atomic mass is 79.9. The van der Waals surface area contributed by atoms with E-state index in [1.807, 2.05) is 22.3 Å². The lowest BCUT2D eigenvalue weighted by atomic mass is 10.1. The Labute approximate surface area is 130 Å². The number of nitrogens with two attached hydrogens (primary N) is 1. The Morgan fingerprint density at radius 3 is 2.90 bits per heavy atom. The highest BCUT2D eigenvalue weighted by molar-refractivity contribution is 9.10. The monoisotopic (exact) mass is 347 g/mol. The second kappa shape index (κ2) is 5.42. The Morgan fingerprint density at radius 2 is 2.20 bits per heavy atom. The number of hydrogen-bond donors (Lipinski definition) is 1. The third kappa shape index (κ3) is 2.78. The molecule has 2 N–H and O–H groups in total. The topological polar surface area (TPSA) is 43.8 Å². The molecule has 3 rings (SSSR count). The maximum atomic E-state index is 6.07. The lowest BCUT2D eigenvalue weighted by molar-refractivity contribution is 0.689. The van der Waals surface area contributed by atoms with Gasteiger partial charge in [0.1, 0.15) is 5.69 Å². The maximum Gasteiger partial charge on any atom is 0.125 e. The van der Waals surface area contributed by atoms with Crippen LogP contribution in [0.3, 0.4) is 0 Å². The van der Waals surface area contributed by atoms with Gasteiger partial charge in [0.15, 0.2) is 0 Å². The van der Waals surface area contributed by atoms with Gasteiger partial charge < -0.3 is 5.73 Å². The number of thiophene rings is 1. The average Bonchev–Trinajstić information content (AvgIpc) is 2.96. The molecular formula is C15H14BrN3S. The van der Waals surface area contributed by atoms with Crippen molar-refractivity contribution in [1.82, 2.24) is 9.78 Å². The largest absolute Gasteiger partial charge is 0.396 e. The Bertz CT molecular complexity index is 745. The van der Waals surface area contributed by atoms with Gasteiger partial charge in [-0.05, 0) is 34.5 Å². The molecule has 0 radical (unpaired) electrons. The van der Waals surface area contributed by atoms with E-state index in [9.17, 15) is 0 Å². The van der Waals surface area contributed by atoms with Gasteiger partial charge in [0.25, 0.3) is 0 Å². The fraction of sp³-hybridized carbons (Fsp3) is 0.133. The van der Waals surface area contributed by atoms with Crippen LogP contribution < -0.4 is 5.73 Å². The zero-order valence-electron chi connectivity index (χ0n) is 11.0. The Balaban J connectivity index is 1.89. The standard InChI is InChI=1S/C15H14BrN3S/c1-10-3-2-4-11(5-10)7-19-8-13(17)15(18-19)14-6-12(16)9-20-14/h2-6,8-9H,7,17H2,1H3. The van der Waals surface area contributed by atoms with Crippen LogP contribution in [0.25, 0.3) is 10.6 Å². The van der Waals surface area contributed by atoms with Gasteiger partial charge >= 0.3 is 0 Å². The normalized spacial score (nSPS) is 10.9. The van der Waals surface area contributed by atoms with Crippen LogP contribution in [-0.4, -0.2) is 9.78 Å². The number of anilines is 1. The lowest BCUT2D eigenvalue weighted by Gasteiger charge is -2.02. The molecular weight excluding hydrogens is 334 g/mol. The van der Waals surface area contributed by atoms with Crippen LogP contribution in [0.5, 0.6) is 0 Å². The fourth-order valence-electron chi connectivity index (χ4n) is 2.14. The van der Waals surface area contributed by atoms with Gasteiger partial charge in [-0.3, -0.25) is 4.68 Å². The number of halogens is 1. The van der Waals surface area contributed by atoms with Gasteiger partial charge in [-0.2, -0.15) is 5.10 Å². The van der Waals surface area contributed by atoms with Crippen LogP contribution in [0, 0.1) is 6.92 Å². The zero-order chi connectivity index (χ0) is 14.1. The van der Waals surface area contributed by atoms with Crippen LogP contribution in [0.1, 0.15) is 11.1 Å². The molecule has 0 atom stereocenters. The van der Waals surface area contributed by atoms with Crippen LogP contribution in [0.2, 0.25) is 0 Å². The average molecular weight is 348 g/mol. The van der Waals surface area contributed by atoms with Crippen molar-refractivity contribution in [2.75, 3.05) is 5.73 Å². The molecule has 0 unspecified atom stereocenters. The Hall–Kier alpha value is -1.59. The molecule has 0 aliphatic rings. The minimum Gasteiger partial charge on any atom is -0.396 e. The van der Waals surface area contributed by atoms with Crippen molar-refractivity contribution in [2.24, 2.45) is 0 Å². The first-order valence-corrected chi connectivity index (χ1v) is 7.92. The second-order valence-electron chi connectivity index (χ2n) is 4.75. The van der Waals surface area contributed by atoms with E-state index < -0.39 is 0 Å². The zero-order valence-corrected chi connectivity index (χ0v) is 13.4. The van der Waals surface area contributed by atoms with E-state index in [1.54, 1.807) is 11.3 Å². The number of aromatic nitrogens is 2. The molecule has 0 aliphatic heterocycles. The lowest BCUT2D eigenvalue weighted by Crippen LogP contribution is -2.00. The summed E-state index contributed by atoms with van der Waals surface area (Å²) in [6.07, 6.45) is 1.89. The van der Waals surface area contributed by atoms with Gasteiger partial charge in [0, 0.05) is 16.0 Å². The third-order valence-electron chi connectivity index (χ3n) is 3.02. The Morgan fingerprint density at radius 1 is 1.35 bits per heavy atom. The molecule has 3 nitrogen and oxygen atoms in total. The van der Waals surface area contributed by atoms with Crippen molar-refractivity contribution in [3.05, 3.63) is 57.5 Å². The summed E-state index contributed by atoms with van der Waals surface area (Å²) in [5.41, 5.74) is 10.1. The number of nitrogen functional groups attached to an aromatic ring is 1. The van der Waals surface area contributed by atoms with E-state index in [2.05, 4.69) is 52.2 Å². The van der Waals surface area contributed by atoms with E-state index in [-0.39, 0.29) is 0 Å². The van der Waals surface area contributed by atoms with E-state index in [0.717, 1.165) is 21.6 Å². The predicted octanol–water partition coefficient (Wildman–Crippen LogP) is 4.31. The predicted molar refractivity (Wildman–Crippen MR) is 87.9 cm³/mol. The maximum absolute atomic E-state index is 6.07. The highest BCUT2D eigenvalue weighted by Gasteiger charge is 2.11. The van der Waals surface area contributed by atoms with E-state index in [4.69, 9.17) is 5.73 Å². The van der Waals surface area contributed by atoms with Gasteiger partial charge in [0.2, 0.25) is 0 Å². The molecule has 20 heavy (non-hydrogen) atoms. The molecule has 1 aromatic carbocycles. The van der Waals surface area contributed by atoms with E-state index in [0.29, 0.717) is 5.69 Å². The molecule has 0 fully saturated rings. The third-order valence-corrected chi connectivity index (χ3v) is 4.72. The van der Waals surface area contributed by atoms with Gasteiger partial charge in [-0.15, -0.1) is 11.3 Å². The summed E-state index contributed by atoms with van der Waals surface area (Å²) >= 11 is 5.09. The van der Waals surface area contributed by atoms with Crippen LogP contribution >= 0.6 is 27.3 Å². The summed E-state index contributed by atoms with van der Waals surface area (Å²) in [6, 6.07) is 10.5. The van der Waals surface area contributed by atoms with Gasteiger partial charge in [0.05, 0.1) is 17.1 Å². The number of hydrogen-bond acceptors (Lipinski definition) is 3. The molecule has 0 spiro atoms. The first-order valence-electron chi connectivity index (χ1n) is 6.25. The van der Waals surface area contributed by atoms with E-state index in [1.165, 1.54) is 11.1 Å². The number of nitrogens with zero attached hydrogens (tertiary/aromatic N) is 2. The van der Waals surface area contributed by atoms with Crippen LogP contribution in [0.4, 0.5) is 5.69 Å². The summed E-state index contributed by atoms with van der Waals surface area (Å²) < 4.78 is 2.96. The SMILES string of the molecule is Cc1cccc(Cn2cc(N)c(-c3cc(Br)cs3)n2)c1. The molecule has 0 aliphatic carbocycles. The quantitative estimate of drug-likeness (QED) is 0.766. The summed E-state index contributed by atoms with van der Waals surface area (Å²) in [7, 11) is 0. The molecule has 2 aromatic heterocycles. The van der Waals surface area contributed by atoms with Crippen molar-refractivity contribution < 1.29 is 0 Å². The molecule has 3 aromatic rings. The van der Waals surface area contributed by atoms with Gasteiger partial charge in [-0.1, -0.05) is 29.8 Å². The smallest absolute Gasteiger partial charge is 0.125 e. The highest BCUT2D eigenvalue weighted by Crippen LogP contribution is 2.32. The summed E-state index contributed by atoms with van der Waals surface area (Å²) in [6.45, 7) is 2.83. The van der Waals surface area contributed by atoms with Crippen LogP contribution in [0.15, 0.2) is 46.4 Å². The van der Waals surface area contributed by atoms with Crippen molar-refractivity contribution in [2.45, 2.75) is 13.5 Å². The molecule has 0 amide bonds. The fourth-order valence-corrected chi connectivity index (χ4v) is 3.58. The first-order chi connectivity index (χ1) is 9.61. The molecule has 0 bridgehead atoms. The minimum absolute atomic E-state index is 0.715. The van der Waals surface area contributed by atoms with Crippen molar-refractivity contribution in [1.29, 1.82) is 0 Å². The number of benzene rings is 1.